The van der Waals surface area contributed by atoms with Crippen molar-refractivity contribution in [1.82, 2.24) is 20.4 Å². The van der Waals surface area contributed by atoms with Crippen LogP contribution in [0, 0.1) is 12.8 Å². The monoisotopic (exact) mass is 280 g/mol. The van der Waals surface area contributed by atoms with Crippen LogP contribution >= 0.6 is 0 Å². The van der Waals surface area contributed by atoms with Gasteiger partial charge in [0.15, 0.2) is 5.82 Å². The number of rotatable bonds is 4. The summed E-state index contributed by atoms with van der Waals surface area (Å²) in [6, 6.07) is -0.460. The van der Waals surface area contributed by atoms with E-state index in [0.717, 1.165) is 0 Å². The summed E-state index contributed by atoms with van der Waals surface area (Å²) in [5, 5.41) is 6.58. The Balaban J connectivity index is 2.10. The highest BCUT2D eigenvalue weighted by Crippen LogP contribution is 2.13. The van der Waals surface area contributed by atoms with Crippen LogP contribution in [0.2, 0.25) is 0 Å². The Bertz CT molecular complexity index is 498. The molecular weight excluding hydrogens is 260 g/mol. The molecule has 0 saturated carbocycles. The van der Waals surface area contributed by atoms with Crippen LogP contribution in [0.3, 0.4) is 0 Å². The Morgan fingerprint density at radius 1 is 1.45 bits per heavy atom. The molecule has 1 unspecified atom stereocenters. The minimum atomic E-state index is -0.460. The number of nitrogens with one attached hydrogen (secondary N) is 1. The van der Waals surface area contributed by atoms with Gasteiger partial charge in [-0.25, -0.2) is 0 Å². The van der Waals surface area contributed by atoms with Crippen molar-refractivity contribution in [2.24, 2.45) is 5.92 Å². The minimum absolute atomic E-state index is 0.0768. The molecule has 1 fully saturated rings. The molecule has 7 heteroatoms. The van der Waals surface area contributed by atoms with Crippen LogP contribution in [0.4, 0.5) is 0 Å². The molecule has 20 heavy (non-hydrogen) atoms. The molecule has 2 amide bonds. The number of aromatic nitrogens is 2. The zero-order valence-corrected chi connectivity index (χ0v) is 12.0. The number of nitrogens with zero attached hydrogens (tertiary/aromatic N) is 3. The number of carbonyl (C=O) groups excluding carboxylic acids is 2. The predicted octanol–water partition coefficient (Wildman–Crippen LogP) is 0.641. The molecule has 7 nitrogen and oxygen atoms in total. The first-order valence-electron chi connectivity index (χ1n) is 6.83. The van der Waals surface area contributed by atoms with Crippen LogP contribution in [0.25, 0.3) is 0 Å². The van der Waals surface area contributed by atoms with Gasteiger partial charge in [-0.3, -0.25) is 9.59 Å². The van der Waals surface area contributed by atoms with Gasteiger partial charge in [0.2, 0.25) is 17.7 Å². The fourth-order valence-electron chi connectivity index (χ4n) is 2.26. The van der Waals surface area contributed by atoms with E-state index >= 15 is 0 Å². The molecule has 1 saturated heterocycles. The van der Waals surface area contributed by atoms with Gasteiger partial charge in [-0.1, -0.05) is 19.0 Å². The van der Waals surface area contributed by atoms with Gasteiger partial charge in [0.05, 0.1) is 6.54 Å². The Kier molecular flexibility index (Phi) is 4.36. The summed E-state index contributed by atoms with van der Waals surface area (Å²) < 4.78 is 4.90. The van der Waals surface area contributed by atoms with E-state index in [2.05, 4.69) is 15.5 Å². The molecule has 2 heterocycles. The number of aryl methyl sites for hydroxylation is 1. The second-order valence-corrected chi connectivity index (χ2v) is 5.49. The van der Waals surface area contributed by atoms with Gasteiger partial charge in [-0.2, -0.15) is 4.98 Å². The molecular formula is C13H20N4O3. The number of carbonyl (C=O) groups is 2. The van der Waals surface area contributed by atoms with Gasteiger partial charge in [0, 0.05) is 19.9 Å². The lowest BCUT2D eigenvalue weighted by Crippen LogP contribution is -2.45. The van der Waals surface area contributed by atoms with Crippen LogP contribution in [0.1, 0.15) is 38.4 Å². The largest absolute Gasteiger partial charge is 0.344 e. The van der Waals surface area contributed by atoms with Crippen LogP contribution < -0.4 is 5.32 Å². The van der Waals surface area contributed by atoms with Crippen molar-refractivity contribution in [1.29, 1.82) is 0 Å². The fraction of sp³-hybridized carbons (Fsp3) is 0.692. The van der Waals surface area contributed by atoms with E-state index in [4.69, 9.17) is 4.52 Å². The molecule has 1 aliphatic heterocycles. The lowest BCUT2D eigenvalue weighted by Gasteiger charge is -2.23. The summed E-state index contributed by atoms with van der Waals surface area (Å²) in [5.74, 6) is 1.10. The first-order valence-corrected chi connectivity index (χ1v) is 6.83. The van der Waals surface area contributed by atoms with Gasteiger partial charge in [0.1, 0.15) is 6.04 Å². The molecule has 110 valence electrons. The molecule has 0 aliphatic carbocycles. The third kappa shape index (κ3) is 3.55. The maximum absolute atomic E-state index is 12.5. The van der Waals surface area contributed by atoms with Crippen molar-refractivity contribution in [2.75, 3.05) is 6.54 Å². The summed E-state index contributed by atoms with van der Waals surface area (Å²) in [6.07, 6.45) is 0.934. The summed E-state index contributed by atoms with van der Waals surface area (Å²) >= 11 is 0. The van der Waals surface area contributed by atoms with E-state index < -0.39 is 6.04 Å². The van der Waals surface area contributed by atoms with Crippen molar-refractivity contribution >= 4 is 11.8 Å². The smallest absolute Gasteiger partial charge is 0.245 e. The van der Waals surface area contributed by atoms with E-state index in [1.807, 2.05) is 13.8 Å². The maximum atomic E-state index is 12.5. The number of amides is 2. The summed E-state index contributed by atoms with van der Waals surface area (Å²) in [5.41, 5.74) is 0. The molecule has 0 spiro atoms. The molecule has 0 bridgehead atoms. The predicted molar refractivity (Wildman–Crippen MR) is 70.5 cm³/mol. The molecule has 1 aromatic rings. The Morgan fingerprint density at radius 2 is 2.20 bits per heavy atom. The average Bonchev–Trinajstić information content (AvgIpc) is 2.72. The molecule has 0 aromatic carbocycles. The standard InChI is InChI=1S/C13H20N4O3/c1-8(2)6-10-13(19)17(5-4-12(18)15-10)7-11-14-9(3)20-16-11/h8,10H,4-7H2,1-3H3,(H,15,18). The SMILES string of the molecule is Cc1nc(CN2CCC(=O)NC(CC(C)C)C2=O)no1. The molecule has 0 radical (unpaired) electrons. The van der Waals surface area contributed by atoms with Gasteiger partial charge in [-0.15, -0.1) is 0 Å². The van der Waals surface area contributed by atoms with Gasteiger partial charge in [0.25, 0.3) is 0 Å². The van der Waals surface area contributed by atoms with Crippen molar-refractivity contribution in [3.05, 3.63) is 11.7 Å². The van der Waals surface area contributed by atoms with Crippen LogP contribution in [-0.4, -0.2) is 39.4 Å². The molecule has 2 rings (SSSR count). The second kappa shape index (κ2) is 6.02. The van der Waals surface area contributed by atoms with Gasteiger partial charge < -0.3 is 14.7 Å². The van der Waals surface area contributed by atoms with E-state index in [1.165, 1.54) is 0 Å². The lowest BCUT2D eigenvalue weighted by atomic mass is 10.0. The summed E-state index contributed by atoms with van der Waals surface area (Å²) in [4.78, 5) is 29.9. The highest BCUT2D eigenvalue weighted by atomic mass is 16.5. The number of hydrogen-bond donors (Lipinski definition) is 1. The van der Waals surface area contributed by atoms with E-state index in [-0.39, 0.29) is 18.4 Å². The third-order valence-corrected chi connectivity index (χ3v) is 3.16. The van der Waals surface area contributed by atoms with Crippen LogP contribution in [-0.2, 0) is 16.1 Å². The van der Waals surface area contributed by atoms with Crippen molar-refractivity contribution in [3.63, 3.8) is 0 Å². The molecule has 1 aliphatic rings. The lowest BCUT2D eigenvalue weighted by molar-refractivity contribution is -0.134. The Labute approximate surface area is 117 Å². The molecule has 1 N–H and O–H groups in total. The maximum Gasteiger partial charge on any atom is 0.245 e. The minimum Gasteiger partial charge on any atom is -0.344 e. The highest BCUT2D eigenvalue weighted by molar-refractivity contribution is 5.89. The third-order valence-electron chi connectivity index (χ3n) is 3.16. The Hall–Kier alpha value is -1.92. The molecule has 1 aromatic heterocycles. The quantitative estimate of drug-likeness (QED) is 0.874. The number of hydrogen-bond acceptors (Lipinski definition) is 5. The first kappa shape index (κ1) is 14.5. The summed E-state index contributed by atoms with van der Waals surface area (Å²) in [6.45, 7) is 6.41. The van der Waals surface area contributed by atoms with Crippen molar-refractivity contribution in [2.45, 2.75) is 46.2 Å². The Morgan fingerprint density at radius 3 is 2.80 bits per heavy atom. The fourth-order valence-corrected chi connectivity index (χ4v) is 2.26. The van der Waals surface area contributed by atoms with Gasteiger partial charge >= 0.3 is 0 Å². The first-order chi connectivity index (χ1) is 9.45. The zero-order chi connectivity index (χ0) is 14.7. The highest BCUT2D eigenvalue weighted by Gasteiger charge is 2.30. The topological polar surface area (TPSA) is 88.3 Å². The summed E-state index contributed by atoms with van der Waals surface area (Å²) in [7, 11) is 0. The van der Waals surface area contributed by atoms with E-state index in [9.17, 15) is 9.59 Å². The van der Waals surface area contributed by atoms with E-state index in [1.54, 1.807) is 11.8 Å². The van der Waals surface area contributed by atoms with Crippen LogP contribution in [0.5, 0.6) is 0 Å². The van der Waals surface area contributed by atoms with Crippen LogP contribution in [0.15, 0.2) is 4.52 Å². The van der Waals surface area contributed by atoms with Gasteiger partial charge in [-0.05, 0) is 12.3 Å². The normalized spacial score (nSPS) is 20.2. The second-order valence-electron chi connectivity index (χ2n) is 5.49. The van der Waals surface area contributed by atoms with E-state index in [0.29, 0.717) is 37.0 Å². The molecule has 1 atom stereocenters. The van der Waals surface area contributed by atoms with Crippen molar-refractivity contribution in [3.8, 4) is 0 Å². The zero-order valence-electron chi connectivity index (χ0n) is 12.0. The average molecular weight is 280 g/mol. The van der Waals surface area contributed by atoms with Crippen molar-refractivity contribution < 1.29 is 14.1 Å².